The third-order valence-electron chi connectivity index (χ3n) is 6.01. The molecule has 1 atom stereocenters. The molecule has 0 saturated heterocycles. The minimum atomic E-state index is -0.219. The minimum Gasteiger partial charge on any atom is -0.0619 e. The van der Waals surface area contributed by atoms with Gasteiger partial charge in [-0.1, -0.05) is 76.6 Å². The van der Waals surface area contributed by atoms with Crippen molar-refractivity contribution in [2.45, 2.75) is 5.41 Å². The molecule has 0 heterocycles. The van der Waals surface area contributed by atoms with Crippen LogP contribution in [0.2, 0.25) is 0 Å². The molecule has 0 nitrogen and oxygen atoms in total. The van der Waals surface area contributed by atoms with E-state index in [9.17, 15) is 0 Å². The number of benzene rings is 4. The van der Waals surface area contributed by atoms with Gasteiger partial charge in [0.1, 0.15) is 0 Å². The van der Waals surface area contributed by atoms with Crippen molar-refractivity contribution in [3.63, 3.8) is 0 Å². The monoisotopic (exact) mass is 520 g/mol. The van der Waals surface area contributed by atoms with Gasteiger partial charge in [-0.25, -0.2) is 0 Å². The van der Waals surface area contributed by atoms with Crippen molar-refractivity contribution in [2.75, 3.05) is 0 Å². The summed E-state index contributed by atoms with van der Waals surface area (Å²) in [5.74, 6) is 0. The first-order valence-corrected chi connectivity index (χ1v) is 10.9. The van der Waals surface area contributed by atoms with Crippen LogP contribution in [-0.4, -0.2) is 0 Å². The maximum atomic E-state index is 3.69. The van der Waals surface area contributed by atoms with E-state index in [4.69, 9.17) is 0 Å². The van der Waals surface area contributed by atoms with Crippen LogP contribution in [0.3, 0.4) is 0 Å². The van der Waals surface area contributed by atoms with Crippen molar-refractivity contribution in [3.8, 4) is 22.3 Å². The summed E-state index contributed by atoms with van der Waals surface area (Å²) in [5, 5.41) is 0. The summed E-state index contributed by atoms with van der Waals surface area (Å²) < 4.78 is 2.41. The third-order valence-corrected chi connectivity index (χ3v) is 7.18. The molecule has 2 heteroatoms. The fourth-order valence-electron chi connectivity index (χ4n) is 5.09. The molecule has 0 aliphatic heterocycles. The molecule has 1 unspecified atom stereocenters. The second kappa shape index (κ2) is 5.55. The highest BCUT2D eigenvalue weighted by Gasteiger charge is 2.51. The molecular formula is C25H14BrI. The number of hydrogen-bond acceptors (Lipinski definition) is 0. The Hall–Kier alpha value is -1.91. The number of hydrogen-bond donors (Lipinski definition) is 0. The molecule has 0 N–H and O–H groups in total. The van der Waals surface area contributed by atoms with Gasteiger partial charge in [0.15, 0.2) is 0 Å². The van der Waals surface area contributed by atoms with Gasteiger partial charge in [-0.3, -0.25) is 0 Å². The topological polar surface area (TPSA) is 0 Å². The summed E-state index contributed by atoms with van der Waals surface area (Å²) in [7, 11) is 0. The summed E-state index contributed by atoms with van der Waals surface area (Å²) in [6.07, 6.45) is 0. The lowest BCUT2D eigenvalue weighted by molar-refractivity contribution is 0.793. The van der Waals surface area contributed by atoms with E-state index in [0.29, 0.717) is 0 Å². The predicted octanol–water partition coefficient (Wildman–Crippen LogP) is 7.40. The minimum absolute atomic E-state index is 0.219. The Morgan fingerprint density at radius 1 is 0.556 bits per heavy atom. The number of fused-ring (bicyclic) bond motifs is 10. The van der Waals surface area contributed by atoms with Crippen LogP contribution in [0.25, 0.3) is 22.3 Å². The molecule has 0 aromatic heterocycles. The maximum absolute atomic E-state index is 3.69. The summed E-state index contributed by atoms with van der Waals surface area (Å²) in [6, 6.07) is 31.5. The van der Waals surface area contributed by atoms with E-state index >= 15 is 0 Å². The Kier molecular flexibility index (Phi) is 3.31. The largest absolute Gasteiger partial charge is 0.0725 e. The molecule has 4 aromatic rings. The van der Waals surface area contributed by atoms with Crippen molar-refractivity contribution in [1.82, 2.24) is 0 Å². The standard InChI is InChI=1S/C25H14BrI/c26-15-9-11-23-19(13-15)17-5-1-3-7-21(17)25(23)22-8-4-2-6-18(22)20-14-16(27)10-12-24(20)25/h1-14H. The van der Waals surface area contributed by atoms with Crippen LogP contribution in [0, 0.1) is 3.57 Å². The van der Waals surface area contributed by atoms with Gasteiger partial charge in [0.05, 0.1) is 5.41 Å². The Balaban J connectivity index is 1.86. The third kappa shape index (κ3) is 1.93. The van der Waals surface area contributed by atoms with Gasteiger partial charge in [0.2, 0.25) is 0 Å². The first kappa shape index (κ1) is 16.1. The molecule has 0 amide bonds. The molecule has 2 aliphatic carbocycles. The van der Waals surface area contributed by atoms with Crippen molar-refractivity contribution in [2.24, 2.45) is 0 Å². The van der Waals surface area contributed by atoms with Crippen LogP contribution in [0.1, 0.15) is 22.3 Å². The van der Waals surface area contributed by atoms with E-state index in [-0.39, 0.29) is 5.41 Å². The lowest BCUT2D eigenvalue weighted by atomic mass is 9.70. The second-order valence-electron chi connectivity index (χ2n) is 7.22. The molecule has 0 saturated carbocycles. The Labute approximate surface area is 180 Å². The van der Waals surface area contributed by atoms with Crippen molar-refractivity contribution in [3.05, 3.63) is 115 Å². The average molecular weight is 521 g/mol. The van der Waals surface area contributed by atoms with Gasteiger partial charge >= 0.3 is 0 Å². The summed E-state index contributed by atoms with van der Waals surface area (Å²) in [5.41, 5.74) is 10.8. The first-order valence-electron chi connectivity index (χ1n) is 9.01. The highest BCUT2D eigenvalue weighted by Crippen LogP contribution is 2.62. The zero-order valence-electron chi connectivity index (χ0n) is 14.3. The molecule has 2 aliphatic rings. The van der Waals surface area contributed by atoms with Gasteiger partial charge in [-0.2, -0.15) is 0 Å². The summed E-state index contributed by atoms with van der Waals surface area (Å²) >= 11 is 6.11. The van der Waals surface area contributed by atoms with Gasteiger partial charge in [0, 0.05) is 8.04 Å². The fourth-order valence-corrected chi connectivity index (χ4v) is 5.95. The number of rotatable bonds is 0. The molecule has 27 heavy (non-hydrogen) atoms. The van der Waals surface area contributed by atoms with Crippen molar-refractivity contribution >= 4 is 38.5 Å². The molecule has 128 valence electrons. The molecule has 6 rings (SSSR count). The maximum Gasteiger partial charge on any atom is 0.0725 e. The highest BCUT2D eigenvalue weighted by molar-refractivity contribution is 14.1. The van der Waals surface area contributed by atoms with Gasteiger partial charge in [0.25, 0.3) is 0 Å². The highest BCUT2D eigenvalue weighted by atomic mass is 127. The van der Waals surface area contributed by atoms with E-state index in [2.05, 4.69) is 123 Å². The van der Waals surface area contributed by atoms with E-state index < -0.39 is 0 Å². The molecule has 0 fully saturated rings. The van der Waals surface area contributed by atoms with E-state index in [1.807, 2.05) is 0 Å². The zero-order chi connectivity index (χ0) is 18.2. The molecule has 0 radical (unpaired) electrons. The zero-order valence-corrected chi connectivity index (χ0v) is 18.1. The molecule has 0 bridgehead atoms. The predicted molar refractivity (Wildman–Crippen MR) is 123 cm³/mol. The van der Waals surface area contributed by atoms with Crippen LogP contribution >= 0.6 is 38.5 Å². The fraction of sp³-hybridized carbons (Fsp3) is 0.0400. The Morgan fingerprint density at radius 2 is 1.07 bits per heavy atom. The quantitative estimate of drug-likeness (QED) is 0.183. The van der Waals surface area contributed by atoms with Crippen LogP contribution in [0.15, 0.2) is 89.4 Å². The van der Waals surface area contributed by atoms with Gasteiger partial charge < -0.3 is 0 Å². The molecule has 4 aromatic carbocycles. The molecular weight excluding hydrogens is 507 g/mol. The van der Waals surface area contributed by atoms with E-state index in [1.165, 1.54) is 48.1 Å². The van der Waals surface area contributed by atoms with Gasteiger partial charge in [-0.05, 0) is 91.4 Å². The van der Waals surface area contributed by atoms with E-state index in [0.717, 1.165) is 4.47 Å². The van der Waals surface area contributed by atoms with Crippen LogP contribution in [0.5, 0.6) is 0 Å². The number of halogens is 2. The average Bonchev–Trinajstić information content (AvgIpc) is 3.14. The summed E-state index contributed by atoms with van der Waals surface area (Å²) in [4.78, 5) is 0. The lowest BCUT2D eigenvalue weighted by Crippen LogP contribution is -2.25. The molecule has 1 spiro atoms. The van der Waals surface area contributed by atoms with Crippen LogP contribution < -0.4 is 0 Å². The normalized spacial score (nSPS) is 18.1. The van der Waals surface area contributed by atoms with Crippen LogP contribution in [0.4, 0.5) is 0 Å². The Morgan fingerprint density at radius 3 is 1.74 bits per heavy atom. The van der Waals surface area contributed by atoms with Crippen LogP contribution in [-0.2, 0) is 5.41 Å². The summed E-state index contributed by atoms with van der Waals surface area (Å²) in [6.45, 7) is 0. The van der Waals surface area contributed by atoms with Gasteiger partial charge in [-0.15, -0.1) is 0 Å². The second-order valence-corrected chi connectivity index (χ2v) is 9.38. The SMILES string of the molecule is Brc1ccc2c(c1)-c1ccccc1C21c2ccccc2-c2cc(I)ccc21. The van der Waals surface area contributed by atoms with Crippen molar-refractivity contribution < 1.29 is 0 Å². The smallest absolute Gasteiger partial charge is 0.0619 e. The first-order chi connectivity index (χ1) is 13.2. The van der Waals surface area contributed by atoms with Crippen molar-refractivity contribution in [1.29, 1.82) is 0 Å². The lowest BCUT2D eigenvalue weighted by Gasteiger charge is -2.30. The van der Waals surface area contributed by atoms with E-state index in [1.54, 1.807) is 0 Å². The Bertz CT molecular complexity index is 1160.